The minimum Gasteiger partial charge on any atom is -0.496 e. The first-order valence-corrected chi connectivity index (χ1v) is 13.9. The summed E-state index contributed by atoms with van der Waals surface area (Å²) in [5.74, 6) is 0.967. The van der Waals surface area contributed by atoms with Crippen LogP contribution in [-0.4, -0.2) is 49.1 Å². The molecule has 0 spiro atoms. The van der Waals surface area contributed by atoms with Crippen LogP contribution in [0.5, 0.6) is 5.75 Å². The monoisotopic (exact) mass is 526 g/mol. The summed E-state index contributed by atoms with van der Waals surface area (Å²) in [7, 11) is 1.64. The number of methoxy groups -OCH3 is 1. The zero-order valence-corrected chi connectivity index (χ0v) is 23.0. The molecule has 2 heterocycles. The van der Waals surface area contributed by atoms with Gasteiger partial charge in [-0.25, -0.2) is 4.98 Å². The normalized spacial score (nSPS) is 14.1. The van der Waals surface area contributed by atoms with Crippen molar-refractivity contribution >= 4 is 28.6 Å². The Morgan fingerprint density at radius 2 is 1.74 bits per heavy atom. The van der Waals surface area contributed by atoms with Gasteiger partial charge in [0, 0.05) is 54.7 Å². The van der Waals surface area contributed by atoms with Crippen molar-refractivity contribution in [3.05, 3.63) is 94.4 Å². The lowest BCUT2D eigenvalue weighted by Gasteiger charge is -2.35. The van der Waals surface area contributed by atoms with Gasteiger partial charge < -0.3 is 15.0 Å². The summed E-state index contributed by atoms with van der Waals surface area (Å²) < 4.78 is 5.65. The lowest BCUT2D eigenvalue weighted by Crippen LogP contribution is -2.45. The molecule has 0 aliphatic carbocycles. The molecule has 38 heavy (non-hydrogen) atoms. The number of amides is 1. The first kappa shape index (κ1) is 25.9. The number of carbonyl (C=O) groups is 1. The smallest absolute Gasteiger partial charge is 0.256 e. The Kier molecular flexibility index (Phi) is 8.05. The van der Waals surface area contributed by atoms with Crippen LogP contribution in [0.1, 0.15) is 40.7 Å². The summed E-state index contributed by atoms with van der Waals surface area (Å²) in [6.45, 7) is 9.23. The second-order valence-corrected chi connectivity index (χ2v) is 10.8. The Morgan fingerprint density at radius 1 is 1.00 bits per heavy atom. The summed E-state index contributed by atoms with van der Waals surface area (Å²) in [5.41, 5.74) is 5.54. The topological polar surface area (TPSA) is 57.7 Å². The highest BCUT2D eigenvalue weighted by molar-refractivity contribution is 7.09. The van der Waals surface area contributed by atoms with Crippen LogP contribution in [0.4, 0.5) is 11.4 Å². The van der Waals surface area contributed by atoms with E-state index < -0.39 is 0 Å². The maximum Gasteiger partial charge on any atom is 0.256 e. The van der Waals surface area contributed by atoms with E-state index in [2.05, 4.69) is 70.3 Å². The molecule has 1 amide bonds. The molecule has 0 unspecified atom stereocenters. The zero-order valence-electron chi connectivity index (χ0n) is 22.2. The zero-order chi connectivity index (χ0) is 26.5. The maximum atomic E-state index is 13.4. The third-order valence-electron chi connectivity index (χ3n) is 7.06. The van der Waals surface area contributed by atoms with E-state index in [4.69, 9.17) is 4.74 Å². The van der Waals surface area contributed by atoms with Crippen LogP contribution in [0.25, 0.3) is 11.1 Å². The van der Waals surface area contributed by atoms with E-state index in [9.17, 15) is 4.79 Å². The van der Waals surface area contributed by atoms with Crippen LogP contribution in [0.15, 0.2) is 78.3 Å². The Balaban J connectivity index is 1.26. The van der Waals surface area contributed by atoms with Gasteiger partial charge in [-0.3, -0.25) is 9.69 Å². The molecule has 0 radical (unpaired) electrons. The SMILES string of the molecule is COc1cccc(C(=O)Nc2ccc(N3CCN(Cc4nccs4)CC3)cc2)c1-c1ccc(C(C)C)cc1. The molecule has 4 aromatic rings. The minimum atomic E-state index is -0.157. The van der Waals surface area contributed by atoms with Crippen molar-refractivity contribution in [3.8, 4) is 16.9 Å². The Bertz CT molecular complexity index is 1340. The predicted molar refractivity (Wildman–Crippen MR) is 157 cm³/mol. The number of aromatic nitrogens is 1. The van der Waals surface area contributed by atoms with Crippen molar-refractivity contribution < 1.29 is 9.53 Å². The third-order valence-corrected chi connectivity index (χ3v) is 7.83. The summed E-state index contributed by atoms with van der Waals surface area (Å²) in [6.07, 6.45) is 1.87. The number of ether oxygens (including phenoxy) is 1. The first-order valence-electron chi connectivity index (χ1n) is 13.1. The number of nitrogens with one attached hydrogen (secondary N) is 1. The number of hydrogen-bond donors (Lipinski definition) is 1. The summed E-state index contributed by atoms with van der Waals surface area (Å²) in [6, 6.07) is 22.1. The molecule has 0 atom stereocenters. The van der Waals surface area contributed by atoms with Gasteiger partial charge in [0.05, 0.1) is 19.2 Å². The molecule has 1 fully saturated rings. The lowest BCUT2D eigenvalue weighted by molar-refractivity contribution is 0.102. The molecule has 6 nitrogen and oxygen atoms in total. The third kappa shape index (κ3) is 5.90. The number of piperazine rings is 1. The van der Waals surface area contributed by atoms with E-state index in [1.807, 2.05) is 41.9 Å². The Hall–Kier alpha value is -3.68. The average Bonchev–Trinajstić information content (AvgIpc) is 3.46. The fourth-order valence-corrected chi connectivity index (χ4v) is 5.52. The van der Waals surface area contributed by atoms with Gasteiger partial charge in [-0.15, -0.1) is 11.3 Å². The molecule has 0 bridgehead atoms. The molecule has 1 aliphatic heterocycles. The highest BCUT2D eigenvalue weighted by Gasteiger charge is 2.20. The van der Waals surface area contributed by atoms with E-state index >= 15 is 0 Å². The average molecular weight is 527 g/mol. The summed E-state index contributed by atoms with van der Waals surface area (Å²) in [4.78, 5) is 22.7. The van der Waals surface area contributed by atoms with Gasteiger partial charge in [0.2, 0.25) is 0 Å². The molecule has 7 heteroatoms. The first-order chi connectivity index (χ1) is 18.5. The van der Waals surface area contributed by atoms with Gasteiger partial charge in [0.1, 0.15) is 10.8 Å². The van der Waals surface area contributed by atoms with Crippen molar-refractivity contribution in [2.24, 2.45) is 0 Å². The number of nitrogens with zero attached hydrogens (tertiary/aromatic N) is 3. The van der Waals surface area contributed by atoms with Gasteiger partial charge in [0.15, 0.2) is 0 Å². The van der Waals surface area contributed by atoms with Crippen LogP contribution in [0, 0.1) is 0 Å². The standard InChI is InChI=1S/C31H34N4O2S/c1-22(2)23-7-9-24(10-8-23)30-27(5-4-6-28(30)37-3)31(36)33-25-11-13-26(14-12-25)35-18-16-34(17-19-35)21-29-32-15-20-38-29/h4-15,20,22H,16-19,21H2,1-3H3,(H,33,36). The van der Waals surface area contributed by atoms with E-state index in [-0.39, 0.29) is 5.91 Å². The predicted octanol–water partition coefficient (Wildman–Crippen LogP) is 6.52. The van der Waals surface area contributed by atoms with E-state index in [0.717, 1.165) is 49.5 Å². The number of carbonyl (C=O) groups excluding carboxylic acids is 1. The van der Waals surface area contributed by atoms with Gasteiger partial charge in [-0.05, 0) is 53.4 Å². The van der Waals surface area contributed by atoms with E-state index in [0.29, 0.717) is 17.2 Å². The molecule has 1 saturated heterocycles. The molecule has 0 saturated carbocycles. The number of anilines is 2. The van der Waals surface area contributed by atoms with Crippen LogP contribution in [0.2, 0.25) is 0 Å². The van der Waals surface area contributed by atoms with Crippen molar-refractivity contribution in [3.63, 3.8) is 0 Å². The minimum absolute atomic E-state index is 0.157. The van der Waals surface area contributed by atoms with Crippen LogP contribution in [0.3, 0.4) is 0 Å². The number of hydrogen-bond acceptors (Lipinski definition) is 6. The number of rotatable bonds is 8. The summed E-state index contributed by atoms with van der Waals surface area (Å²) in [5, 5.41) is 6.29. The highest BCUT2D eigenvalue weighted by Crippen LogP contribution is 2.35. The fourth-order valence-electron chi connectivity index (χ4n) is 4.86. The van der Waals surface area contributed by atoms with E-state index in [1.54, 1.807) is 18.4 Å². The molecule has 1 aliphatic rings. The highest BCUT2D eigenvalue weighted by atomic mass is 32.1. The van der Waals surface area contributed by atoms with Crippen molar-refractivity contribution in [2.45, 2.75) is 26.3 Å². The van der Waals surface area contributed by atoms with Crippen molar-refractivity contribution in [1.82, 2.24) is 9.88 Å². The van der Waals surface area contributed by atoms with Crippen LogP contribution >= 0.6 is 11.3 Å². The molecule has 196 valence electrons. The Labute approximate surface area is 228 Å². The maximum absolute atomic E-state index is 13.4. The van der Waals surface area contributed by atoms with Gasteiger partial charge >= 0.3 is 0 Å². The van der Waals surface area contributed by atoms with Crippen molar-refractivity contribution in [1.29, 1.82) is 0 Å². The van der Waals surface area contributed by atoms with Gasteiger partial charge in [0.25, 0.3) is 5.91 Å². The molecule has 5 rings (SSSR count). The van der Waals surface area contributed by atoms with Gasteiger partial charge in [-0.1, -0.05) is 44.2 Å². The largest absolute Gasteiger partial charge is 0.496 e. The van der Waals surface area contributed by atoms with E-state index in [1.165, 1.54) is 16.3 Å². The molecule has 1 aromatic heterocycles. The summed E-state index contributed by atoms with van der Waals surface area (Å²) >= 11 is 1.71. The fraction of sp³-hybridized carbons (Fsp3) is 0.290. The molecular formula is C31H34N4O2S. The molecular weight excluding hydrogens is 492 g/mol. The van der Waals surface area contributed by atoms with Crippen LogP contribution in [-0.2, 0) is 6.54 Å². The second-order valence-electron chi connectivity index (χ2n) is 9.85. The quantitative estimate of drug-likeness (QED) is 0.283. The number of thiazole rings is 1. The number of benzene rings is 3. The van der Waals surface area contributed by atoms with Gasteiger partial charge in [-0.2, -0.15) is 0 Å². The molecule has 1 N–H and O–H groups in total. The second kappa shape index (κ2) is 11.8. The van der Waals surface area contributed by atoms with Crippen molar-refractivity contribution in [2.75, 3.05) is 43.5 Å². The van der Waals surface area contributed by atoms with Crippen LogP contribution < -0.4 is 15.0 Å². The molecule has 3 aromatic carbocycles. The Morgan fingerprint density at radius 3 is 2.37 bits per heavy atom. The lowest BCUT2D eigenvalue weighted by atomic mass is 9.95.